The van der Waals surface area contributed by atoms with Gasteiger partial charge in [-0.3, -0.25) is 10.1 Å². The third kappa shape index (κ3) is 5.27. The van der Waals surface area contributed by atoms with Crippen LogP contribution in [0.3, 0.4) is 0 Å². The lowest BCUT2D eigenvalue weighted by Gasteiger charge is -2.12. The Morgan fingerprint density at radius 1 is 1.05 bits per heavy atom. The fourth-order valence-corrected chi connectivity index (χ4v) is 5.80. The van der Waals surface area contributed by atoms with Crippen molar-refractivity contribution in [3.63, 3.8) is 0 Å². The summed E-state index contributed by atoms with van der Waals surface area (Å²) in [4.78, 5) is 8.06. The molecule has 6 rings (SSSR count). The number of rotatable bonds is 9. The van der Waals surface area contributed by atoms with Crippen molar-refractivity contribution >= 4 is 27.4 Å². The van der Waals surface area contributed by atoms with Crippen LogP contribution in [0.1, 0.15) is 38.2 Å². The largest absolute Gasteiger partial charge is 0.353 e. The van der Waals surface area contributed by atoms with Crippen molar-refractivity contribution in [2.24, 2.45) is 5.92 Å². The van der Waals surface area contributed by atoms with E-state index in [-0.39, 0.29) is 5.82 Å². The summed E-state index contributed by atoms with van der Waals surface area (Å²) < 4.78 is 13.9. The average Bonchev–Trinajstić information content (AvgIpc) is 3.74. The molecule has 6 heteroatoms. The van der Waals surface area contributed by atoms with E-state index in [4.69, 9.17) is 0 Å². The van der Waals surface area contributed by atoms with Crippen LogP contribution in [0.15, 0.2) is 91.2 Å². The van der Waals surface area contributed by atoms with Crippen molar-refractivity contribution in [2.45, 2.75) is 32.6 Å². The summed E-state index contributed by atoms with van der Waals surface area (Å²) in [5.74, 6) is 0.524. The van der Waals surface area contributed by atoms with Gasteiger partial charge in [-0.2, -0.15) is 5.10 Å². The number of allylic oxidation sites excluding steroid dienone is 3. The lowest BCUT2D eigenvalue weighted by Crippen LogP contribution is -2.23. The Morgan fingerprint density at radius 3 is 2.70 bits per heavy atom. The topological polar surface area (TPSA) is 69.4 Å². The van der Waals surface area contributed by atoms with Crippen LogP contribution in [-0.2, 0) is 0 Å². The number of H-pyrrole nitrogens is 2. The van der Waals surface area contributed by atoms with Gasteiger partial charge in [0.2, 0.25) is 0 Å². The minimum Gasteiger partial charge on any atom is -0.353 e. The van der Waals surface area contributed by atoms with Crippen molar-refractivity contribution in [1.29, 1.82) is 0 Å². The van der Waals surface area contributed by atoms with Gasteiger partial charge in [-0.25, -0.2) is 4.39 Å². The summed E-state index contributed by atoms with van der Waals surface area (Å²) in [7, 11) is 0. The molecule has 40 heavy (non-hydrogen) atoms. The average molecular weight is 532 g/mol. The molecule has 0 radical (unpaired) electrons. The van der Waals surface area contributed by atoms with Crippen LogP contribution in [0.25, 0.3) is 50.0 Å². The number of benzene rings is 2. The molecule has 1 aliphatic carbocycles. The Bertz CT molecular complexity index is 1730. The quantitative estimate of drug-likeness (QED) is 0.168. The highest BCUT2D eigenvalue weighted by atomic mass is 19.1. The highest BCUT2D eigenvalue weighted by Crippen LogP contribution is 2.34. The molecule has 0 unspecified atom stereocenters. The van der Waals surface area contributed by atoms with Gasteiger partial charge >= 0.3 is 0 Å². The third-order valence-corrected chi connectivity index (χ3v) is 7.95. The molecule has 0 amide bonds. The minimum atomic E-state index is -0.282. The molecule has 5 nitrogen and oxygen atoms in total. The predicted molar refractivity (Wildman–Crippen MR) is 163 cm³/mol. The van der Waals surface area contributed by atoms with Gasteiger partial charge in [0.05, 0.1) is 16.9 Å². The molecule has 1 saturated carbocycles. The van der Waals surface area contributed by atoms with Crippen molar-refractivity contribution in [3.8, 4) is 22.6 Å². The van der Waals surface area contributed by atoms with Gasteiger partial charge in [0.1, 0.15) is 11.5 Å². The second-order valence-electron chi connectivity index (χ2n) is 10.6. The molecule has 3 aromatic heterocycles. The molecule has 0 spiro atoms. The number of nitrogens with one attached hydrogen (secondary N) is 3. The first-order valence-corrected chi connectivity index (χ1v) is 14.1. The number of aromatic amines is 2. The zero-order valence-corrected chi connectivity index (χ0v) is 22.8. The van der Waals surface area contributed by atoms with E-state index in [9.17, 15) is 4.39 Å². The molecule has 3 heterocycles. The summed E-state index contributed by atoms with van der Waals surface area (Å²) in [6.07, 6.45) is 13.5. The van der Waals surface area contributed by atoms with Crippen LogP contribution < -0.4 is 5.32 Å². The second kappa shape index (κ2) is 11.4. The Morgan fingerprint density at radius 2 is 1.90 bits per heavy atom. The van der Waals surface area contributed by atoms with Crippen molar-refractivity contribution in [2.75, 3.05) is 13.1 Å². The number of halogens is 1. The molecule has 0 saturated heterocycles. The highest BCUT2D eigenvalue weighted by molar-refractivity contribution is 6.00. The SMILES string of the molecule is C=C/C(=C\C(=C/C)c1ccc2[nH]nc(-c3cc4c(-c5cccc(F)c5)nccc4[nH]3)c2c1)CNCC1CCCC1. The van der Waals surface area contributed by atoms with Crippen molar-refractivity contribution < 1.29 is 4.39 Å². The van der Waals surface area contributed by atoms with E-state index in [1.165, 1.54) is 43.4 Å². The summed E-state index contributed by atoms with van der Waals surface area (Å²) in [5, 5.41) is 13.4. The van der Waals surface area contributed by atoms with E-state index in [0.717, 1.165) is 74.6 Å². The normalized spacial score (nSPS) is 14.9. The van der Waals surface area contributed by atoms with E-state index < -0.39 is 0 Å². The van der Waals surface area contributed by atoms with Gasteiger partial charge in [0.25, 0.3) is 0 Å². The zero-order chi connectivity index (χ0) is 27.5. The van der Waals surface area contributed by atoms with E-state index in [2.05, 4.69) is 69.3 Å². The molecular weight excluding hydrogens is 497 g/mol. The third-order valence-electron chi connectivity index (χ3n) is 7.95. The number of nitrogens with zero attached hydrogens (tertiary/aromatic N) is 2. The molecule has 0 atom stereocenters. The molecule has 5 aromatic rings. The van der Waals surface area contributed by atoms with Gasteiger partial charge in [0.15, 0.2) is 0 Å². The minimum absolute atomic E-state index is 0.282. The second-order valence-corrected chi connectivity index (χ2v) is 10.6. The first-order chi connectivity index (χ1) is 19.6. The molecule has 2 aromatic carbocycles. The monoisotopic (exact) mass is 531 g/mol. The smallest absolute Gasteiger partial charge is 0.123 e. The Balaban J connectivity index is 1.31. The molecule has 3 N–H and O–H groups in total. The number of hydrogen-bond acceptors (Lipinski definition) is 3. The van der Waals surface area contributed by atoms with Gasteiger partial charge in [-0.15, -0.1) is 0 Å². The van der Waals surface area contributed by atoms with Crippen LogP contribution >= 0.6 is 0 Å². The van der Waals surface area contributed by atoms with Gasteiger partial charge in [-0.05, 0) is 85.3 Å². The summed E-state index contributed by atoms with van der Waals surface area (Å²) in [6, 6.07) is 16.9. The number of hydrogen-bond donors (Lipinski definition) is 3. The maximum Gasteiger partial charge on any atom is 0.123 e. The first kappa shape index (κ1) is 26.0. The Hall–Kier alpha value is -4.29. The number of aromatic nitrogens is 4. The van der Waals surface area contributed by atoms with Crippen molar-refractivity contribution in [3.05, 3.63) is 103 Å². The molecule has 1 aliphatic rings. The maximum absolute atomic E-state index is 13.9. The standard InChI is InChI=1S/C34H34FN5/c1-3-22(20-36-21-23-8-5-6-9-23)16-24(4-2)25-12-13-31-28(18-25)34(40-39-31)32-19-29-30(38-32)14-15-37-33(29)26-10-7-11-27(35)17-26/h3-4,7,10-19,23,36,38H,1,5-6,8-9,20-21H2,2H3,(H,39,40)/b22-16+,24-4+. The van der Waals surface area contributed by atoms with E-state index in [1.807, 2.05) is 24.3 Å². The number of pyridine rings is 1. The van der Waals surface area contributed by atoms with Crippen molar-refractivity contribution in [1.82, 2.24) is 25.5 Å². The van der Waals surface area contributed by atoms with Gasteiger partial charge in [-0.1, -0.05) is 55.8 Å². The van der Waals surface area contributed by atoms with Crippen LogP contribution in [-0.4, -0.2) is 33.3 Å². The van der Waals surface area contributed by atoms with E-state index >= 15 is 0 Å². The van der Waals surface area contributed by atoms with E-state index in [0.29, 0.717) is 0 Å². The maximum atomic E-state index is 13.9. The Kier molecular flexibility index (Phi) is 7.43. The summed E-state index contributed by atoms with van der Waals surface area (Å²) in [6.45, 7) is 8.01. The lowest BCUT2D eigenvalue weighted by atomic mass is 9.99. The van der Waals surface area contributed by atoms with Crippen LogP contribution in [0, 0.1) is 11.7 Å². The zero-order valence-electron chi connectivity index (χ0n) is 22.8. The highest BCUT2D eigenvalue weighted by Gasteiger charge is 2.16. The molecule has 0 aliphatic heterocycles. The number of fused-ring (bicyclic) bond motifs is 2. The fraction of sp³-hybridized carbons (Fsp3) is 0.235. The fourth-order valence-electron chi connectivity index (χ4n) is 5.80. The first-order valence-electron chi connectivity index (χ1n) is 14.1. The van der Waals surface area contributed by atoms with Crippen LogP contribution in [0.4, 0.5) is 4.39 Å². The summed E-state index contributed by atoms with van der Waals surface area (Å²) in [5.41, 5.74) is 8.50. The molecular formula is C34H34FN5. The molecule has 1 fully saturated rings. The molecule has 202 valence electrons. The van der Waals surface area contributed by atoms with E-state index in [1.54, 1.807) is 12.3 Å². The predicted octanol–water partition coefficient (Wildman–Crippen LogP) is 8.21. The Labute approximate surface area is 233 Å². The van der Waals surface area contributed by atoms with Crippen LogP contribution in [0.2, 0.25) is 0 Å². The summed E-state index contributed by atoms with van der Waals surface area (Å²) >= 11 is 0. The van der Waals surface area contributed by atoms with Crippen LogP contribution in [0.5, 0.6) is 0 Å². The molecule has 0 bridgehead atoms. The van der Waals surface area contributed by atoms with Gasteiger partial charge < -0.3 is 10.3 Å². The van der Waals surface area contributed by atoms with Gasteiger partial charge in [0, 0.05) is 34.6 Å². The lowest BCUT2D eigenvalue weighted by molar-refractivity contribution is 0.503.